The number of ether oxygens (including phenoxy) is 2. The average molecular weight is 382 g/mol. The molecule has 0 saturated heterocycles. The summed E-state index contributed by atoms with van der Waals surface area (Å²) in [6, 6.07) is 7.81. The Morgan fingerprint density at radius 3 is 2.82 bits per heavy atom. The van der Waals surface area contributed by atoms with E-state index in [0.717, 1.165) is 30.6 Å². The molecule has 2 heterocycles. The van der Waals surface area contributed by atoms with Gasteiger partial charge in [-0.05, 0) is 37.5 Å². The van der Waals surface area contributed by atoms with Crippen LogP contribution >= 0.6 is 0 Å². The van der Waals surface area contributed by atoms with E-state index in [1.165, 1.54) is 0 Å². The van der Waals surface area contributed by atoms with E-state index in [1.807, 2.05) is 32.9 Å². The Hall–Kier alpha value is -2.75. The van der Waals surface area contributed by atoms with Crippen molar-refractivity contribution in [2.24, 2.45) is 22.1 Å². The van der Waals surface area contributed by atoms with Crippen LogP contribution in [0.1, 0.15) is 51.2 Å². The molecule has 148 valence electrons. The SMILES string of the molecule is CC(C)(C)C(=O)NC1CCC2Oc3ccc(C#N)cc3C3(COC(N)=N3)[C@H]2C1. The summed E-state index contributed by atoms with van der Waals surface area (Å²) in [5, 5.41) is 12.5. The van der Waals surface area contributed by atoms with Gasteiger partial charge in [0.1, 0.15) is 24.0 Å². The number of benzene rings is 1. The molecule has 3 unspecified atom stereocenters. The van der Waals surface area contributed by atoms with Crippen LogP contribution in [0.4, 0.5) is 0 Å². The summed E-state index contributed by atoms with van der Waals surface area (Å²) < 4.78 is 11.9. The molecule has 3 N–H and O–H groups in total. The van der Waals surface area contributed by atoms with Crippen LogP contribution in [-0.2, 0) is 15.1 Å². The molecule has 7 heteroatoms. The third-order valence-corrected chi connectivity index (χ3v) is 6.02. The Morgan fingerprint density at radius 2 is 2.18 bits per heavy atom. The van der Waals surface area contributed by atoms with Crippen molar-refractivity contribution in [1.29, 1.82) is 5.26 Å². The number of carbonyl (C=O) groups is 1. The van der Waals surface area contributed by atoms with Crippen LogP contribution in [0.25, 0.3) is 0 Å². The topological polar surface area (TPSA) is 110 Å². The van der Waals surface area contributed by atoms with Crippen LogP contribution in [0, 0.1) is 22.7 Å². The van der Waals surface area contributed by atoms with Gasteiger partial charge in [-0.25, -0.2) is 4.99 Å². The second-order valence-electron chi connectivity index (χ2n) is 8.98. The van der Waals surface area contributed by atoms with Gasteiger partial charge in [0, 0.05) is 22.9 Å². The molecular weight excluding hydrogens is 356 g/mol. The number of carbonyl (C=O) groups excluding carboxylic acids is 1. The van der Waals surface area contributed by atoms with Gasteiger partial charge in [-0.2, -0.15) is 5.26 Å². The maximum atomic E-state index is 12.5. The van der Waals surface area contributed by atoms with E-state index >= 15 is 0 Å². The highest BCUT2D eigenvalue weighted by molar-refractivity contribution is 5.81. The zero-order chi connectivity index (χ0) is 20.1. The molecule has 1 saturated carbocycles. The molecule has 28 heavy (non-hydrogen) atoms. The Morgan fingerprint density at radius 1 is 1.39 bits per heavy atom. The van der Waals surface area contributed by atoms with E-state index in [9.17, 15) is 10.1 Å². The normalized spacial score (nSPS) is 30.9. The fraction of sp³-hybridized carbons (Fsp3) is 0.571. The number of nitrogens with zero attached hydrogens (tertiary/aromatic N) is 2. The van der Waals surface area contributed by atoms with Crippen LogP contribution in [0.5, 0.6) is 5.75 Å². The van der Waals surface area contributed by atoms with Gasteiger partial charge in [-0.1, -0.05) is 20.8 Å². The van der Waals surface area contributed by atoms with E-state index in [-0.39, 0.29) is 30.0 Å². The van der Waals surface area contributed by atoms with Gasteiger partial charge < -0.3 is 20.5 Å². The van der Waals surface area contributed by atoms with E-state index in [0.29, 0.717) is 12.2 Å². The number of amidine groups is 1. The monoisotopic (exact) mass is 382 g/mol. The Kier molecular flexibility index (Phi) is 4.25. The lowest BCUT2D eigenvalue weighted by molar-refractivity contribution is -0.130. The first-order chi connectivity index (χ1) is 13.2. The van der Waals surface area contributed by atoms with Crippen molar-refractivity contribution >= 4 is 11.9 Å². The molecule has 1 fully saturated rings. The fourth-order valence-corrected chi connectivity index (χ4v) is 4.50. The molecule has 0 radical (unpaired) electrons. The second kappa shape index (κ2) is 6.40. The number of fused-ring (bicyclic) bond motifs is 4. The van der Waals surface area contributed by atoms with Gasteiger partial charge in [-0.3, -0.25) is 4.79 Å². The van der Waals surface area contributed by atoms with Crippen molar-refractivity contribution in [3.8, 4) is 11.8 Å². The minimum atomic E-state index is -0.680. The molecule has 1 spiro atoms. The van der Waals surface area contributed by atoms with Crippen LogP contribution < -0.4 is 15.8 Å². The highest BCUT2D eigenvalue weighted by Gasteiger charge is 2.55. The maximum Gasteiger partial charge on any atom is 0.283 e. The molecule has 4 atom stereocenters. The van der Waals surface area contributed by atoms with Crippen molar-refractivity contribution < 1.29 is 14.3 Å². The Balaban J connectivity index is 1.70. The lowest BCUT2D eigenvalue weighted by Crippen LogP contribution is -2.55. The van der Waals surface area contributed by atoms with Gasteiger partial charge in [-0.15, -0.1) is 0 Å². The number of nitriles is 1. The van der Waals surface area contributed by atoms with E-state index in [2.05, 4.69) is 11.4 Å². The molecule has 7 nitrogen and oxygen atoms in total. The number of amides is 1. The number of hydrogen-bond donors (Lipinski definition) is 2. The average Bonchev–Trinajstić information content (AvgIpc) is 3.04. The smallest absolute Gasteiger partial charge is 0.283 e. The van der Waals surface area contributed by atoms with Crippen molar-refractivity contribution in [1.82, 2.24) is 5.32 Å². The number of nitrogens with two attached hydrogens (primary N) is 1. The molecule has 4 rings (SSSR count). The highest BCUT2D eigenvalue weighted by atomic mass is 16.5. The predicted molar refractivity (Wildman–Crippen MR) is 104 cm³/mol. The highest BCUT2D eigenvalue weighted by Crippen LogP contribution is 2.52. The van der Waals surface area contributed by atoms with Gasteiger partial charge in [0.25, 0.3) is 6.02 Å². The van der Waals surface area contributed by atoms with Gasteiger partial charge in [0.05, 0.1) is 11.6 Å². The number of rotatable bonds is 1. The molecule has 1 aromatic carbocycles. The molecule has 2 aliphatic heterocycles. The molecule has 0 bridgehead atoms. The second-order valence-corrected chi connectivity index (χ2v) is 8.98. The van der Waals surface area contributed by atoms with E-state index in [4.69, 9.17) is 20.2 Å². The van der Waals surface area contributed by atoms with Crippen LogP contribution in [0.2, 0.25) is 0 Å². The first-order valence-electron chi connectivity index (χ1n) is 9.73. The summed E-state index contributed by atoms with van der Waals surface area (Å²) in [5.74, 6) is 0.785. The Labute approximate surface area is 164 Å². The lowest BCUT2D eigenvalue weighted by Gasteiger charge is -2.48. The standard InChI is InChI=1S/C21H26N4O3/c1-20(2,3)18(26)24-13-5-7-17-15(9-13)21(11-27-19(23)25-21)14-8-12(10-22)4-6-16(14)28-17/h4,6,8,13,15,17H,5,7,9,11H2,1-3H3,(H2,23,25)(H,24,26)/t13?,15-,17?,21?/m0/s1. The summed E-state index contributed by atoms with van der Waals surface area (Å²) in [5.41, 5.74) is 6.19. The largest absolute Gasteiger partial charge is 0.490 e. The van der Waals surface area contributed by atoms with Crippen molar-refractivity contribution in [3.63, 3.8) is 0 Å². The quantitative estimate of drug-likeness (QED) is 0.774. The molecule has 1 aliphatic carbocycles. The minimum Gasteiger partial charge on any atom is -0.490 e. The third-order valence-electron chi connectivity index (χ3n) is 6.02. The molecular formula is C21H26N4O3. The van der Waals surface area contributed by atoms with E-state index < -0.39 is 11.0 Å². The zero-order valence-electron chi connectivity index (χ0n) is 16.5. The minimum absolute atomic E-state index is 0.00834. The number of hydrogen-bond acceptors (Lipinski definition) is 6. The first kappa shape index (κ1) is 18.6. The van der Waals surface area contributed by atoms with Crippen LogP contribution in [-0.4, -0.2) is 30.7 Å². The zero-order valence-corrected chi connectivity index (χ0v) is 16.5. The summed E-state index contributed by atoms with van der Waals surface area (Å²) >= 11 is 0. The van der Waals surface area contributed by atoms with Crippen LogP contribution in [0.3, 0.4) is 0 Å². The first-order valence-corrected chi connectivity index (χ1v) is 9.73. The van der Waals surface area contributed by atoms with Gasteiger partial charge in [0.15, 0.2) is 0 Å². The molecule has 1 aromatic rings. The lowest BCUT2D eigenvalue weighted by atomic mass is 9.67. The van der Waals surface area contributed by atoms with Crippen molar-refractivity contribution in [3.05, 3.63) is 29.3 Å². The molecule has 3 aliphatic rings. The Bertz CT molecular complexity index is 883. The molecule has 0 aromatic heterocycles. The third kappa shape index (κ3) is 2.97. The summed E-state index contributed by atoms with van der Waals surface area (Å²) in [6.07, 6.45) is 2.37. The number of aliphatic imine (C=N–C) groups is 1. The fourth-order valence-electron chi connectivity index (χ4n) is 4.50. The molecule has 1 amide bonds. The van der Waals surface area contributed by atoms with E-state index in [1.54, 1.807) is 6.07 Å². The summed E-state index contributed by atoms with van der Waals surface area (Å²) in [7, 11) is 0. The summed E-state index contributed by atoms with van der Waals surface area (Å²) in [4.78, 5) is 17.2. The predicted octanol–water partition coefficient (Wildman–Crippen LogP) is 2.19. The van der Waals surface area contributed by atoms with Crippen molar-refractivity contribution in [2.75, 3.05) is 6.61 Å². The summed E-state index contributed by atoms with van der Waals surface area (Å²) in [6.45, 7) is 6.06. The number of nitrogens with one attached hydrogen (secondary N) is 1. The van der Waals surface area contributed by atoms with Gasteiger partial charge >= 0.3 is 0 Å². The maximum absolute atomic E-state index is 12.5. The van der Waals surface area contributed by atoms with Gasteiger partial charge in [0.2, 0.25) is 5.91 Å². The van der Waals surface area contributed by atoms with Crippen molar-refractivity contribution in [2.45, 2.75) is 57.7 Å². The van der Waals surface area contributed by atoms with Crippen LogP contribution in [0.15, 0.2) is 23.2 Å².